The van der Waals surface area contributed by atoms with Gasteiger partial charge in [-0.25, -0.2) is 9.97 Å². The summed E-state index contributed by atoms with van der Waals surface area (Å²) in [5.74, 6) is 2.01. The number of aryl methyl sites for hydroxylation is 1. The Kier molecular flexibility index (Phi) is 5.85. The molecule has 2 heterocycles. The molecule has 6 nitrogen and oxygen atoms in total. The van der Waals surface area contributed by atoms with Gasteiger partial charge < -0.3 is 14.5 Å². The van der Waals surface area contributed by atoms with Crippen LogP contribution in [-0.4, -0.2) is 46.5 Å². The van der Waals surface area contributed by atoms with Gasteiger partial charge in [0.25, 0.3) is 0 Å². The van der Waals surface area contributed by atoms with E-state index in [1.807, 2.05) is 43.9 Å². The molecule has 2 aromatic rings. The highest BCUT2D eigenvalue weighted by Gasteiger charge is 2.29. The van der Waals surface area contributed by atoms with Gasteiger partial charge in [-0.1, -0.05) is 31.5 Å². The lowest BCUT2D eigenvalue weighted by Gasteiger charge is -2.41. The van der Waals surface area contributed by atoms with E-state index in [1.54, 1.807) is 6.07 Å². The number of hydrogen-bond donors (Lipinski definition) is 0. The number of hydrogen-bond acceptors (Lipinski definition) is 5. The topological polar surface area (TPSA) is 58.6 Å². The molecule has 1 aliphatic heterocycles. The molecule has 1 fully saturated rings. The third-order valence-corrected chi connectivity index (χ3v) is 4.97. The molecule has 7 heteroatoms. The monoisotopic (exact) mass is 388 g/mol. The molecule has 1 amide bonds. The smallest absolute Gasteiger partial charge is 0.225 e. The first-order valence-corrected chi connectivity index (χ1v) is 9.54. The fourth-order valence-corrected chi connectivity index (χ4v) is 3.34. The van der Waals surface area contributed by atoms with Crippen LogP contribution in [0.1, 0.15) is 26.3 Å². The molecule has 1 saturated heterocycles. The average molecular weight is 389 g/mol. The van der Waals surface area contributed by atoms with Crippen LogP contribution in [0, 0.1) is 12.8 Å². The van der Waals surface area contributed by atoms with E-state index < -0.39 is 0 Å². The van der Waals surface area contributed by atoms with Gasteiger partial charge in [-0.3, -0.25) is 4.79 Å². The molecule has 0 aliphatic carbocycles. The first kappa shape index (κ1) is 19.4. The maximum atomic E-state index is 12.3. The van der Waals surface area contributed by atoms with E-state index in [9.17, 15) is 4.79 Å². The SMILES string of the molecule is Cc1ccc(Cl)c(Oc2cc(N3CCN(C(=O)C(C)C)[C@@H](C)C3)ncn2)c1. The molecule has 27 heavy (non-hydrogen) atoms. The Hall–Kier alpha value is -2.34. The molecule has 1 aliphatic rings. The minimum atomic E-state index is 0.0112. The second kappa shape index (κ2) is 8.13. The second-order valence-electron chi connectivity index (χ2n) is 7.23. The zero-order valence-corrected chi connectivity index (χ0v) is 16.9. The molecule has 1 atom stereocenters. The van der Waals surface area contributed by atoms with Crippen LogP contribution in [0.15, 0.2) is 30.6 Å². The number of ether oxygens (including phenoxy) is 1. The molecule has 0 radical (unpaired) electrons. The number of benzene rings is 1. The molecular weight excluding hydrogens is 364 g/mol. The van der Waals surface area contributed by atoms with Gasteiger partial charge in [0.1, 0.15) is 17.9 Å². The van der Waals surface area contributed by atoms with Crippen molar-refractivity contribution < 1.29 is 9.53 Å². The fourth-order valence-electron chi connectivity index (χ4n) is 3.18. The lowest BCUT2D eigenvalue weighted by molar-refractivity contribution is -0.136. The maximum Gasteiger partial charge on any atom is 0.225 e. The van der Waals surface area contributed by atoms with Crippen LogP contribution in [0.3, 0.4) is 0 Å². The van der Waals surface area contributed by atoms with Gasteiger partial charge in [-0.15, -0.1) is 0 Å². The van der Waals surface area contributed by atoms with Crippen LogP contribution in [-0.2, 0) is 4.79 Å². The van der Waals surface area contributed by atoms with Crippen LogP contribution in [0.25, 0.3) is 0 Å². The van der Waals surface area contributed by atoms with Gasteiger partial charge in [-0.05, 0) is 31.5 Å². The largest absolute Gasteiger partial charge is 0.437 e. The number of carbonyl (C=O) groups is 1. The number of nitrogens with zero attached hydrogens (tertiary/aromatic N) is 4. The summed E-state index contributed by atoms with van der Waals surface area (Å²) in [6.45, 7) is 10.1. The number of amides is 1. The van der Waals surface area contributed by atoms with Gasteiger partial charge in [0.2, 0.25) is 11.8 Å². The van der Waals surface area contributed by atoms with Crippen molar-refractivity contribution in [3.63, 3.8) is 0 Å². The standard InChI is InChI=1S/C20H25ClN4O2/c1-13(2)20(26)25-8-7-24(11-15(25)4)18-10-19(23-12-22-18)27-17-9-14(3)5-6-16(17)21/h5-6,9-10,12-13,15H,7-8,11H2,1-4H3/t15-/m0/s1. The number of carbonyl (C=O) groups excluding carboxylic acids is 1. The van der Waals surface area contributed by atoms with Crippen LogP contribution < -0.4 is 9.64 Å². The van der Waals surface area contributed by atoms with Crippen molar-refractivity contribution in [1.29, 1.82) is 0 Å². The van der Waals surface area contributed by atoms with E-state index in [0.717, 1.165) is 24.5 Å². The summed E-state index contributed by atoms with van der Waals surface area (Å²) in [4.78, 5) is 25.0. The first-order valence-electron chi connectivity index (χ1n) is 9.16. The lowest BCUT2D eigenvalue weighted by Crippen LogP contribution is -2.55. The third-order valence-electron chi connectivity index (χ3n) is 4.66. The van der Waals surface area contributed by atoms with Crippen molar-refractivity contribution in [3.8, 4) is 11.6 Å². The van der Waals surface area contributed by atoms with Crippen molar-refractivity contribution in [3.05, 3.63) is 41.2 Å². The molecule has 1 aromatic carbocycles. The molecule has 1 aromatic heterocycles. The molecular formula is C20H25ClN4O2. The normalized spacial score (nSPS) is 17.3. The Morgan fingerprint density at radius 1 is 1.26 bits per heavy atom. The van der Waals surface area contributed by atoms with Gasteiger partial charge >= 0.3 is 0 Å². The van der Waals surface area contributed by atoms with E-state index >= 15 is 0 Å². The van der Waals surface area contributed by atoms with E-state index in [-0.39, 0.29) is 17.9 Å². The highest BCUT2D eigenvalue weighted by Crippen LogP contribution is 2.30. The van der Waals surface area contributed by atoms with E-state index in [0.29, 0.717) is 23.2 Å². The molecule has 0 N–H and O–H groups in total. The summed E-state index contributed by atoms with van der Waals surface area (Å²) >= 11 is 6.21. The Morgan fingerprint density at radius 3 is 2.74 bits per heavy atom. The number of rotatable bonds is 4. The minimum absolute atomic E-state index is 0.0112. The van der Waals surface area contributed by atoms with Crippen LogP contribution >= 0.6 is 11.6 Å². The molecule has 0 bridgehead atoms. The van der Waals surface area contributed by atoms with Crippen molar-refractivity contribution in [2.75, 3.05) is 24.5 Å². The molecule has 144 valence electrons. The summed E-state index contributed by atoms with van der Waals surface area (Å²) in [7, 11) is 0. The quantitative estimate of drug-likeness (QED) is 0.794. The zero-order valence-electron chi connectivity index (χ0n) is 16.1. The second-order valence-corrected chi connectivity index (χ2v) is 7.64. The predicted octanol–water partition coefficient (Wildman–Crippen LogP) is 3.92. The van der Waals surface area contributed by atoms with Crippen LogP contribution in [0.4, 0.5) is 5.82 Å². The van der Waals surface area contributed by atoms with Crippen molar-refractivity contribution in [2.45, 2.75) is 33.7 Å². The summed E-state index contributed by atoms with van der Waals surface area (Å²) in [6.07, 6.45) is 1.49. The Morgan fingerprint density at radius 2 is 2.04 bits per heavy atom. The lowest BCUT2D eigenvalue weighted by atomic mass is 10.1. The minimum Gasteiger partial charge on any atom is -0.437 e. The maximum absolute atomic E-state index is 12.3. The Labute approximate surface area is 165 Å². The van der Waals surface area contributed by atoms with Crippen LogP contribution in [0.5, 0.6) is 11.6 Å². The zero-order chi connectivity index (χ0) is 19.6. The van der Waals surface area contributed by atoms with Crippen molar-refractivity contribution in [2.24, 2.45) is 5.92 Å². The molecule has 0 saturated carbocycles. The predicted molar refractivity (Wildman–Crippen MR) is 107 cm³/mol. The average Bonchev–Trinajstić information content (AvgIpc) is 2.64. The fraction of sp³-hybridized carbons (Fsp3) is 0.450. The van der Waals surface area contributed by atoms with Gasteiger partial charge in [0.15, 0.2) is 0 Å². The van der Waals surface area contributed by atoms with E-state index in [2.05, 4.69) is 21.8 Å². The number of piperazine rings is 1. The van der Waals surface area contributed by atoms with Crippen molar-refractivity contribution >= 4 is 23.3 Å². The van der Waals surface area contributed by atoms with E-state index in [1.165, 1.54) is 6.33 Å². The number of anilines is 1. The number of halogens is 1. The third kappa shape index (κ3) is 4.50. The summed E-state index contributed by atoms with van der Waals surface area (Å²) in [6, 6.07) is 7.55. The molecule has 0 unspecified atom stereocenters. The summed E-state index contributed by atoms with van der Waals surface area (Å²) in [5, 5.41) is 0.537. The Balaban J connectivity index is 1.73. The summed E-state index contributed by atoms with van der Waals surface area (Å²) < 4.78 is 5.86. The van der Waals surface area contributed by atoms with Crippen molar-refractivity contribution in [1.82, 2.24) is 14.9 Å². The van der Waals surface area contributed by atoms with Gasteiger partial charge in [-0.2, -0.15) is 0 Å². The highest BCUT2D eigenvalue weighted by molar-refractivity contribution is 6.32. The first-order chi connectivity index (χ1) is 12.8. The van der Waals surface area contributed by atoms with Crippen LogP contribution in [0.2, 0.25) is 5.02 Å². The van der Waals surface area contributed by atoms with Gasteiger partial charge in [0, 0.05) is 37.7 Å². The Bertz CT molecular complexity index is 827. The van der Waals surface area contributed by atoms with E-state index in [4.69, 9.17) is 16.3 Å². The number of aromatic nitrogens is 2. The molecule has 0 spiro atoms. The molecule has 3 rings (SSSR count). The van der Waals surface area contributed by atoms with Gasteiger partial charge in [0.05, 0.1) is 5.02 Å². The highest BCUT2D eigenvalue weighted by atomic mass is 35.5. The summed E-state index contributed by atoms with van der Waals surface area (Å²) in [5.41, 5.74) is 1.06.